The van der Waals surface area contributed by atoms with Gasteiger partial charge in [0.2, 0.25) is 5.76 Å². The minimum atomic E-state index is -0.615. The molecule has 136 valence electrons. The number of para-hydroxylation sites is 1. The molecule has 0 saturated heterocycles. The first-order valence-electron chi connectivity index (χ1n) is 8.71. The second kappa shape index (κ2) is 6.42. The van der Waals surface area contributed by atoms with Gasteiger partial charge in [0.05, 0.1) is 17.0 Å². The van der Waals surface area contributed by atoms with Gasteiger partial charge in [0.25, 0.3) is 5.91 Å². The van der Waals surface area contributed by atoms with Crippen LogP contribution in [-0.2, 0) is 0 Å². The van der Waals surface area contributed by atoms with Gasteiger partial charge < -0.3 is 4.42 Å². The highest BCUT2D eigenvalue weighted by Crippen LogP contribution is 2.40. The van der Waals surface area contributed by atoms with Crippen LogP contribution < -0.4 is 10.3 Å². The number of nitrogens with zero attached hydrogens (tertiary/aromatic N) is 2. The van der Waals surface area contributed by atoms with Crippen molar-refractivity contribution in [3.63, 3.8) is 0 Å². The first kappa shape index (κ1) is 16.9. The van der Waals surface area contributed by atoms with Gasteiger partial charge in [0.1, 0.15) is 11.4 Å². The Morgan fingerprint density at radius 1 is 0.964 bits per heavy atom. The molecule has 2 aromatic carbocycles. The number of aromatic nitrogens is 1. The molecule has 0 fully saturated rings. The van der Waals surface area contributed by atoms with E-state index in [1.807, 2.05) is 30.3 Å². The van der Waals surface area contributed by atoms with Gasteiger partial charge in [0.15, 0.2) is 5.43 Å². The standard InChI is InChI=1S/C22H13BrN2O3/c23-14-7-5-6-13(12-14)19-18-20(26)15-8-1-2-9-16(15)28-21(18)22(27)25(19)17-10-3-4-11-24-17/h1-12,19H/t19-/m0/s1. The van der Waals surface area contributed by atoms with Gasteiger partial charge in [-0.3, -0.25) is 14.5 Å². The maximum absolute atomic E-state index is 13.3. The van der Waals surface area contributed by atoms with Crippen molar-refractivity contribution in [2.75, 3.05) is 4.90 Å². The molecular weight excluding hydrogens is 420 g/mol. The fourth-order valence-corrected chi connectivity index (χ4v) is 4.06. The van der Waals surface area contributed by atoms with E-state index in [1.54, 1.807) is 42.6 Å². The molecule has 0 bridgehead atoms. The number of hydrogen-bond donors (Lipinski definition) is 0. The fraction of sp³-hybridized carbons (Fsp3) is 0.0455. The Labute approximate surface area is 168 Å². The van der Waals surface area contributed by atoms with E-state index in [2.05, 4.69) is 20.9 Å². The smallest absolute Gasteiger partial charge is 0.296 e. The van der Waals surface area contributed by atoms with E-state index in [0.29, 0.717) is 22.4 Å². The molecule has 4 aromatic rings. The van der Waals surface area contributed by atoms with Crippen molar-refractivity contribution in [2.45, 2.75) is 6.04 Å². The van der Waals surface area contributed by atoms with E-state index in [9.17, 15) is 9.59 Å². The zero-order valence-corrected chi connectivity index (χ0v) is 16.1. The lowest BCUT2D eigenvalue weighted by Crippen LogP contribution is -2.30. The quantitative estimate of drug-likeness (QED) is 0.460. The second-order valence-electron chi connectivity index (χ2n) is 6.49. The van der Waals surface area contributed by atoms with Crippen molar-refractivity contribution >= 4 is 38.6 Å². The average molecular weight is 433 g/mol. The Morgan fingerprint density at radius 3 is 2.57 bits per heavy atom. The minimum absolute atomic E-state index is 0.0688. The summed E-state index contributed by atoms with van der Waals surface area (Å²) in [4.78, 5) is 32.5. The molecule has 0 aliphatic carbocycles. The lowest BCUT2D eigenvalue weighted by atomic mass is 9.98. The number of anilines is 1. The zero-order valence-electron chi connectivity index (χ0n) is 14.5. The molecule has 1 amide bonds. The van der Waals surface area contributed by atoms with Crippen LogP contribution in [0.5, 0.6) is 0 Å². The monoisotopic (exact) mass is 432 g/mol. The number of carbonyl (C=O) groups excluding carboxylic acids is 1. The van der Waals surface area contributed by atoms with Crippen LogP contribution in [0.2, 0.25) is 0 Å². The normalized spacial score (nSPS) is 15.8. The molecule has 0 saturated carbocycles. The lowest BCUT2D eigenvalue weighted by molar-refractivity contribution is 0.0970. The van der Waals surface area contributed by atoms with Gasteiger partial charge in [-0.2, -0.15) is 0 Å². The molecule has 2 aromatic heterocycles. The summed E-state index contributed by atoms with van der Waals surface area (Å²) in [6.45, 7) is 0. The SMILES string of the molecule is O=C1c2oc3ccccc3c(=O)c2[C@H](c2cccc(Br)c2)N1c1ccccn1. The van der Waals surface area contributed by atoms with Crippen molar-refractivity contribution < 1.29 is 9.21 Å². The molecule has 28 heavy (non-hydrogen) atoms. The van der Waals surface area contributed by atoms with E-state index in [4.69, 9.17) is 4.42 Å². The summed E-state index contributed by atoms with van der Waals surface area (Å²) in [6, 6.07) is 19.3. The van der Waals surface area contributed by atoms with E-state index >= 15 is 0 Å². The van der Waals surface area contributed by atoms with E-state index in [-0.39, 0.29) is 17.1 Å². The number of rotatable bonds is 2. The summed E-state index contributed by atoms with van der Waals surface area (Å²) < 4.78 is 6.76. The highest BCUT2D eigenvalue weighted by Gasteiger charge is 2.44. The van der Waals surface area contributed by atoms with Crippen LogP contribution in [0.15, 0.2) is 86.6 Å². The van der Waals surface area contributed by atoms with Crippen LogP contribution >= 0.6 is 15.9 Å². The molecule has 1 aliphatic rings. The largest absolute Gasteiger partial charge is 0.450 e. The van der Waals surface area contributed by atoms with Crippen LogP contribution in [0, 0.1) is 0 Å². The zero-order chi connectivity index (χ0) is 19.3. The third-order valence-electron chi connectivity index (χ3n) is 4.84. The number of carbonyl (C=O) groups is 1. The van der Waals surface area contributed by atoms with Gasteiger partial charge in [-0.1, -0.05) is 46.3 Å². The Balaban J connectivity index is 1.84. The fourth-order valence-electron chi connectivity index (χ4n) is 3.64. The predicted octanol–water partition coefficient (Wildman–Crippen LogP) is 4.70. The minimum Gasteiger partial charge on any atom is -0.450 e. The number of pyridine rings is 1. The number of halogens is 1. The van der Waals surface area contributed by atoms with Gasteiger partial charge >= 0.3 is 0 Å². The van der Waals surface area contributed by atoms with Crippen molar-refractivity contribution in [1.82, 2.24) is 4.98 Å². The van der Waals surface area contributed by atoms with E-state index in [0.717, 1.165) is 10.0 Å². The first-order valence-corrected chi connectivity index (χ1v) is 9.50. The lowest BCUT2D eigenvalue weighted by Gasteiger charge is -2.24. The van der Waals surface area contributed by atoms with Crippen LogP contribution in [-0.4, -0.2) is 10.9 Å². The van der Waals surface area contributed by atoms with Gasteiger partial charge in [0, 0.05) is 10.7 Å². The Kier molecular flexibility index (Phi) is 3.87. The topological polar surface area (TPSA) is 63.4 Å². The molecular formula is C22H13BrN2O3. The Hall–Kier alpha value is -3.25. The first-order chi connectivity index (χ1) is 13.6. The van der Waals surface area contributed by atoms with Gasteiger partial charge in [-0.25, -0.2) is 4.98 Å². The molecule has 3 heterocycles. The van der Waals surface area contributed by atoms with Gasteiger partial charge in [-0.05, 0) is 42.0 Å². The molecule has 5 nitrogen and oxygen atoms in total. The summed E-state index contributed by atoms with van der Waals surface area (Å²) in [5.41, 5.74) is 1.34. The third-order valence-corrected chi connectivity index (χ3v) is 5.33. The molecule has 0 unspecified atom stereocenters. The van der Waals surface area contributed by atoms with E-state index in [1.165, 1.54) is 4.90 Å². The van der Waals surface area contributed by atoms with Crippen molar-refractivity contribution in [3.05, 3.63) is 105 Å². The molecule has 5 rings (SSSR count). The van der Waals surface area contributed by atoms with E-state index < -0.39 is 6.04 Å². The number of fused-ring (bicyclic) bond motifs is 2. The summed E-state index contributed by atoms with van der Waals surface area (Å²) in [6.07, 6.45) is 1.62. The molecule has 1 atom stereocenters. The molecule has 1 aliphatic heterocycles. The van der Waals surface area contributed by atoms with Crippen LogP contribution in [0.25, 0.3) is 11.0 Å². The second-order valence-corrected chi connectivity index (χ2v) is 7.41. The molecule has 0 spiro atoms. The maximum atomic E-state index is 13.3. The summed E-state index contributed by atoms with van der Waals surface area (Å²) >= 11 is 3.48. The molecule has 6 heteroatoms. The number of amides is 1. The van der Waals surface area contributed by atoms with Crippen molar-refractivity contribution in [1.29, 1.82) is 0 Å². The number of hydrogen-bond acceptors (Lipinski definition) is 4. The summed E-state index contributed by atoms with van der Waals surface area (Å²) in [7, 11) is 0. The van der Waals surface area contributed by atoms with Gasteiger partial charge in [-0.15, -0.1) is 0 Å². The van der Waals surface area contributed by atoms with Crippen molar-refractivity contribution in [3.8, 4) is 0 Å². The van der Waals surface area contributed by atoms with Crippen LogP contribution in [0.1, 0.15) is 27.7 Å². The Bertz CT molecular complexity index is 1280. The van der Waals surface area contributed by atoms with Crippen molar-refractivity contribution in [2.24, 2.45) is 0 Å². The number of benzene rings is 2. The Morgan fingerprint density at radius 2 is 1.79 bits per heavy atom. The summed E-state index contributed by atoms with van der Waals surface area (Å²) in [5, 5.41) is 0.455. The molecule has 0 radical (unpaired) electrons. The maximum Gasteiger partial charge on any atom is 0.296 e. The predicted molar refractivity (Wildman–Crippen MR) is 110 cm³/mol. The summed E-state index contributed by atoms with van der Waals surface area (Å²) in [5.74, 6) is 0.160. The van der Waals surface area contributed by atoms with Crippen LogP contribution in [0.4, 0.5) is 5.82 Å². The highest BCUT2D eigenvalue weighted by molar-refractivity contribution is 9.10. The highest BCUT2D eigenvalue weighted by atomic mass is 79.9. The van der Waals surface area contributed by atoms with Crippen LogP contribution in [0.3, 0.4) is 0 Å². The molecule has 0 N–H and O–H groups in total. The average Bonchev–Trinajstić information content (AvgIpc) is 3.02. The third kappa shape index (κ3) is 2.49.